The first kappa shape index (κ1) is 18.2. The van der Waals surface area contributed by atoms with Gasteiger partial charge in [0.25, 0.3) is 11.8 Å². The van der Waals surface area contributed by atoms with Gasteiger partial charge in [-0.3, -0.25) is 25.2 Å². The van der Waals surface area contributed by atoms with Gasteiger partial charge in [0.05, 0.1) is 0 Å². The number of amides is 3. The van der Waals surface area contributed by atoms with Gasteiger partial charge < -0.3 is 5.32 Å². The van der Waals surface area contributed by atoms with Crippen molar-refractivity contribution in [1.82, 2.24) is 10.9 Å². The maximum absolute atomic E-state index is 12.1. The van der Waals surface area contributed by atoms with E-state index in [2.05, 4.69) is 16.2 Å². The lowest BCUT2D eigenvalue weighted by Gasteiger charge is -2.10. The van der Waals surface area contributed by atoms with E-state index in [0.717, 1.165) is 5.56 Å². The quantitative estimate of drug-likeness (QED) is 0.748. The Morgan fingerprint density at radius 2 is 1.20 bits per heavy atom. The Hall–Kier alpha value is -3.15. The minimum Gasteiger partial charge on any atom is -0.326 e. The number of anilines is 1. The summed E-state index contributed by atoms with van der Waals surface area (Å²) < 4.78 is 0. The molecule has 2 aromatic carbocycles. The molecule has 0 aliphatic rings. The van der Waals surface area contributed by atoms with Crippen LogP contribution in [-0.2, 0) is 4.79 Å². The molecule has 6 nitrogen and oxygen atoms in total. The zero-order chi connectivity index (χ0) is 18.4. The summed E-state index contributed by atoms with van der Waals surface area (Å²) >= 11 is 0. The monoisotopic (exact) mass is 339 g/mol. The molecule has 0 aliphatic carbocycles. The van der Waals surface area contributed by atoms with Crippen molar-refractivity contribution in [3.63, 3.8) is 0 Å². The average molecular weight is 339 g/mol. The molecule has 0 aromatic heterocycles. The molecule has 0 aliphatic heterocycles. The molecule has 25 heavy (non-hydrogen) atoms. The van der Waals surface area contributed by atoms with Crippen LogP contribution in [0.5, 0.6) is 0 Å². The SMILES string of the molecule is Cc1ccc(C(=O)NNC(=O)c2ccc(NC(=O)C(C)C)cc2)cc1. The van der Waals surface area contributed by atoms with Crippen molar-refractivity contribution in [1.29, 1.82) is 0 Å². The highest BCUT2D eigenvalue weighted by Crippen LogP contribution is 2.11. The van der Waals surface area contributed by atoms with Crippen LogP contribution < -0.4 is 16.2 Å². The van der Waals surface area contributed by atoms with E-state index in [-0.39, 0.29) is 11.8 Å². The van der Waals surface area contributed by atoms with E-state index in [1.807, 2.05) is 19.1 Å². The number of hydrazine groups is 1. The number of benzene rings is 2. The maximum Gasteiger partial charge on any atom is 0.269 e. The standard InChI is InChI=1S/C19H21N3O3/c1-12(2)17(23)20-16-10-8-15(9-11-16)19(25)22-21-18(24)14-6-4-13(3)5-7-14/h4-12H,1-3H3,(H,20,23)(H,21,24)(H,22,25). The molecule has 0 atom stereocenters. The molecule has 0 saturated carbocycles. The number of carbonyl (C=O) groups is 3. The highest BCUT2D eigenvalue weighted by molar-refractivity contribution is 5.99. The second-order valence-electron chi connectivity index (χ2n) is 6.00. The zero-order valence-electron chi connectivity index (χ0n) is 14.4. The summed E-state index contributed by atoms with van der Waals surface area (Å²) in [4.78, 5) is 35.6. The Labute approximate surface area is 146 Å². The number of hydrogen-bond donors (Lipinski definition) is 3. The van der Waals surface area contributed by atoms with Gasteiger partial charge in [-0.1, -0.05) is 31.5 Å². The van der Waals surface area contributed by atoms with Gasteiger partial charge in [0.1, 0.15) is 0 Å². The number of aryl methyl sites for hydroxylation is 1. The summed E-state index contributed by atoms with van der Waals surface area (Å²) in [7, 11) is 0. The first-order chi connectivity index (χ1) is 11.9. The van der Waals surface area contributed by atoms with Crippen molar-refractivity contribution in [3.05, 3.63) is 65.2 Å². The van der Waals surface area contributed by atoms with Crippen LogP contribution in [0.15, 0.2) is 48.5 Å². The van der Waals surface area contributed by atoms with E-state index in [1.165, 1.54) is 0 Å². The van der Waals surface area contributed by atoms with Crippen LogP contribution in [-0.4, -0.2) is 17.7 Å². The fraction of sp³-hybridized carbons (Fsp3) is 0.211. The molecular formula is C19H21N3O3. The molecule has 2 aromatic rings. The van der Waals surface area contributed by atoms with Crippen LogP contribution in [0.25, 0.3) is 0 Å². The minimum atomic E-state index is -0.442. The molecule has 0 fully saturated rings. The van der Waals surface area contributed by atoms with Gasteiger partial charge in [0, 0.05) is 22.7 Å². The summed E-state index contributed by atoms with van der Waals surface area (Å²) in [5.41, 5.74) is 7.21. The highest BCUT2D eigenvalue weighted by Gasteiger charge is 2.10. The molecule has 0 saturated heterocycles. The maximum atomic E-state index is 12.1. The van der Waals surface area contributed by atoms with Crippen LogP contribution in [0.3, 0.4) is 0 Å². The molecule has 0 radical (unpaired) electrons. The lowest BCUT2D eigenvalue weighted by Crippen LogP contribution is -2.41. The third-order valence-corrected chi connectivity index (χ3v) is 3.54. The minimum absolute atomic E-state index is 0.0948. The molecule has 130 valence electrons. The van der Waals surface area contributed by atoms with Crippen molar-refractivity contribution in [2.75, 3.05) is 5.32 Å². The van der Waals surface area contributed by atoms with Crippen LogP contribution >= 0.6 is 0 Å². The lowest BCUT2D eigenvalue weighted by atomic mass is 10.1. The van der Waals surface area contributed by atoms with Gasteiger partial charge >= 0.3 is 0 Å². The number of hydrogen-bond acceptors (Lipinski definition) is 3. The summed E-state index contributed by atoms with van der Waals surface area (Å²) in [6, 6.07) is 13.4. The zero-order valence-corrected chi connectivity index (χ0v) is 14.4. The van der Waals surface area contributed by atoms with Gasteiger partial charge in [-0.2, -0.15) is 0 Å². The Kier molecular flexibility index (Phi) is 5.89. The summed E-state index contributed by atoms with van der Waals surface area (Å²) in [5.74, 6) is -1.06. The predicted octanol–water partition coefficient (Wildman–Crippen LogP) is 2.66. The van der Waals surface area contributed by atoms with Crippen molar-refractivity contribution in [3.8, 4) is 0 Å². The Morgan fingerprint density at radius 3 is 1.64 bits per heavy atom. The summed E-state index contributed by atoms with van der Waals surface area (Å²) in [6.07, 6.45) is 0. The molecule has 6 heteroatoms. The van der Waals surface area contributed by atoms with Crippen LogP contribution in [0.1, 0.15) is 40.1 Å². The molecular weight excluding hydrogens is 318 g/mol. The molecule has 0 bridgehead atoms. The molecule has 0 spiro atoms. The van der Waals surface area contributed by atoms with Crippen LogP contribution in [0, 0.1) is 12.8 Å². The number of carbonyl (C=O) groups excluding carboxylic acids is 3. The van der Waals surface area contributed by atoms with Crippen LogP contribution in [0.4, 0.5) is 5.69 Å². The third kappa shape index (κ3) is 5.17. The molecule has 2 rings (SSSR count). The third-order valence-electron chi connectivity index (χ3n) is 3.54. The second-order valence-corrected chi connectivity index (χ2v) is 6.00. The van der Waals surface area contributed by atoms with E-state index in [0.29, 0.717) is 16.8 Å². The topological polar surface area (TPSA) is 87.3 Å². The first-order valence-electron chi connectivity index (χ1n) is 7.95. The van der Waals surface area contributed by atoms with Crippen molar-refractivity contribution in [2.45, 2.75) is 20.8 Å². The second kappa shape index (κ2) is 8.10. The van der Waals surface area contributed by atoms with Crippen molar-refractivity contribution in [2.24, 2.45) is 5.92 Å². The van der Waals surface area contributed by atoms with Crippen molar-refractivity contribution >= 4 is 23.4 Å². The van der Waals surface area contributed by atoms with E-state index in [1.54, 1.807) is 50.2 Å². The smallest absolute Gasteiger partial charge is 0.269 e. The molecule has 3 amide bonds. The fourth-order valence-electron chi connectivity index (χ4n) is 1.95. The lowest BCUT2D eigenvalue weighted by molar-refractivity contribution is -0.118. The van der Waals surface area contributed by atoms with Gasteiger partial charge in [0.15, 0.2) is 0 Å². The first-order valence-corrected chi connectivity index (χ1v) is 7.95. The Bertz CT molecular complexity index is 766. The van der Waals surface area contributed by atoms with Gasteiger partial charge in [-0.15, -0.1) is 0 Å². The van der Waals surface area contributed by atoms with E-state index >= 15 is 0 Å². The predicted molar refractivity (Wildman–Crippen MR) is 96.0 cm³/mol. The van der Waals surface area contributed by atoms with E-state index < -0.39 is 11.8 Å². The number of nitrogens with one attached hydrogen (secondary N) is 3. The Morgan fingerprint density at radius 1 is 0.760 bits per heavy atom. The number of rotatable bonds is 4. The summed E-state index contributed by atoms with van der Waals surface area (Å²) in [5, 5.41) is 2.74. The van der Waals surface area contributed by atoms with Gasteiger partial charge in [0.2, 0.25) is 5.91 Å². The molecule has 0 heterocycles. The fourth-order valence-corrected chi connectivity index (χ4v) is 1.95. The van der Waals surface area contributed by atoms with Crippen LogP contribution in [0.2, 0.25) is 0 Å². The van der Waals surface area contributed by atoms with E-state index in [4.69, 9.17) is 0 Å². The molecule has 3 N–H and O–H groups in total. The largest absolute Gasteiger partial charge is 0.326 e. The highest BCUT2D eigenvalue weighted by atomic mass is 16.2. The van der Waals surface area contributed by atoms with Crippen molar-refractivity contribution < 1.29 is 14.4 Å². The normalized spacial score (nSPS) is 10.2. The Balaban J connectivity index is 1.91. The van der Waals surface area contributed by atoms with Gasteiger partial charge in [-0.05, 0) is 43.3 Å². The summed E-state index contributed by atoms with van der Waals surface area (Å²) in [6.45, 7) is 5.53. The average Bonchev–Trinajstić information content (AvgIpc) is 2.60. The molecule has 0 unspecified atom stereocenters. The van der Waals surface area contributed by atoms with E-state index in [9.17, 15) is 14.4 Å². The van der Waals surface area contributed by atoms with Gasteiger partial charge in [-0.25, -0.2) is 0 Å².